The van der Waals surface area contributed by atoms with Crippen molar-refractivity contribution in [1.29, 1.82) is 0 Å². The minimum absolute atomic E-state index is 0.00918. The van der Waals surface area contributed by atoms with E-state index in [4.69, 9.17) is 14.2 Å². The van der Waals surface area contributed by atoms with Crippen LogP contribution in [0.3, 0.4) is 0 Å². The van der Waals surface area contributed by atoms with E-state index in [0.717, 1.165) is 64.1 Å². The van der Waals surface area contributed by atoms with Gasteiger partial charge in [0.1, 0.15) is 6.04 Å². The number of rotatable bonds is 14. The molecule has 0 aliphatic carbocycles. The molecule has 2 heterocycles. The number of aliphatic hydroxyl groups excluding tert-OH is 1. The monoisotopic (exact) mass is 789 g/mol. The molecule has 2 saturated heterocycles. The van der Waals surface area contributed by atoms with E-state index >= 15 is 0 Å². The van der Waals surface area contributed by atoms with Crippen LogP contribution in [0.5, 0.6) is 0 Å². The molecule has 0 radical (unpaired) electrons. The van der Waals surface area contributed by atoms with Crippen molar-refractivity contribution in [3.05, 3.63) is 161 Å². The second-order valence-corrected chi connectivity index (χ2v) is 16.7. The van der Waals surface area contributed by atoms with Gasteiger partial charge in [-0.25, -0.2) is 8.42 Å². The number of benzene rings is 5. The molecule has 1 amide bonds. The van der Waals surface area contributed by atoms with Gasteiger partial charge < -0.3 is 24.6 Å². The number of sulfonamides is 1. The van der Waals surface area contributed by atoms with Gasteiger partial charge in [0.2, 0.25) is 15.9 Å². The highest BCUT2D eigenvalue weighted by molar-refractivity contribution is 7.89. The van der Waals surface area contributed by atoms with Crippen LogP contribution in [0.25, 0.3) is 11.1 Å². The van der Waals surface area contributed by atoms with E-state index in [1.54, 1.807) is 24.3 Å². The van der Waals surface area contributed by atoms with E-state index in [2.05, 4.69) is 34.0 Å². The maximum absolute atomic E-state index is 13.6. The molecule has 2 fully saturated rings. The topological polar surface area (TPSA) is 126 Å². The fraction of sp³-hybridized carbons (Fsp3) is 0.326. The molecule has 0 bridgehead atoms. The Balaban J connectivity index is 1.04. The fourth-order valence-electron chi connectivity index (χ4n) is 7.38. The average molecular weight is 790 g/mol. The predicted molar refractivity (Wildman–Crippen MR) is 219 cm³/mol. The maximum Gasteiger partial charge on any atom is 0.241 e. The van der Waals surface area contributed by atoms with E-state index in [9.17, 15) is 18.3 Å². The minimum atomic E-state index is -3.96. The van der Waals surface area contributed by atoms with E-state index in [1.807, 2.05) is 97.9 Å². The second-order valence-electron chi connectivity index (χ2n) is 15.0. The molecule has 5 aromatic rings. The number of hydrogen-bond acceptors (Lipinski definition) is 8. The molecule has 5 atom stereocenters. The van der Waals surface area contributed by atoms with Crippen LogP contribution in [0.1, 0.15) is 52.7 Å². The average Bonchev–Trinajstić information content (AvgIpc) is 3.24. The van der Waals surface area contributed by atoms with Gasteiger partial charge in [-0.2, -0.15) is 4.72 Å². The Hall–Kier alpha value is -4.72. The summed E-state index contributed by atoms with van der Waals surface area (Å²) in [5, 5.41) is 12.6. The van der Waals surface area contributed by atoms with Crippen LogP contribution in [0.15, 0.2) is 132 Å². The van der Waals surface area contributed by atoms with Gasteiger partial charge in [0.25, 0.3) is 0 Å². The molecule has 0 unspecified atom stereocenters. The van der Waals surface area contributed by atoms with Gasteiger partial charge >= 0.3 is 0 Å². The summed E-state index contributed by atoms with van der Waals surface area (Å²) < 4.78 is 48.3. The first-order valence-corrected chi connectivity index (χ1v) is 21.0. The largest absolute Gasteiger partial charge is 0.392 e. The number of nitrogens with one attached hydrogen (secondary N) is 2. The van der Waals surface area contributed by atoms with Crippen LogP contribution in [0, 0.1) is 12.8 Å². The van der Waals surface area contributed by atoms with E-state index < -0.39 is 28.3 Å². The van der Waals surface area contributed by atoms with Crippen molar-refractivity contribution in [2.75, 3.05) is 32.8 Å². The summed E-state index contributed by atoms with van der Waals surface area (Å²) in [5.41, 5.74) is 7.44. The number of carbonyl (C=O) groups excluding carboxylic acids is 1. The summed E-state index contributed by atoms with van der Waals surface area (Å²) in [5.74, 6) is -0.325. The van der Waals surface area contributed by atoms with E-state index in [0.29, 0.717) is 13.2 Å². The number of ether oxygens (including phenoxy) is 3. The lowest BCUT2D eigenvalue weighted by Crippen LogP contribution is -2.47. The van der Waals surface area contributed by atoms with Crippen molar-refractivity contribution in [3.8, 4) is 11.1 Å². The molecule has 11 heteroatoms. The predicted octanol–water partition coefficient (Wildman–Crippen LogP) is 6.48. The highest BCUT2D eigenvalue weighted by atomic mass is 32.2. The van der Waals surface area contributed by atoms with Crippen molar-refractivity contribution in [2.24, 2.45) is 5.92 Å². The van der Waals surface area contributed by atoms with Crippen molar-refractivity contribution in [1.82, 2.24) is 14.9 Å². The van der Waals surface area contributed by atoms with Crippen LogP contribution in [0.4, 0.5) is 0 Å². The smallest absolute Gasteiger partial charge is 0.241 e. The number of amides is 1. The molecule has 10 nitrogen and oxygen atoms in total. The molecule has 0 spiro atoms. The Labute approximate surface area is 335 Å². The third-order valence-electron chi connectivity index (χ3n) is 10.8. The summed E-state index contributed by atoms with van der Waals surface area (Å²) in [6, 6.07) is 39.0. The zero-order valence-corrected chi connectivity index (χ0v) is 33.2. The van der Waals surface area contributed by atoms with Crippen LogP contribution in [-0.4, -0.2) is 69.3 Å². The summed E-state index contributed by atoms with van der Waals surface area (Å²) in [6.07, 6.45) is -0.639. The molecular formula is C46H51N3O7S. The lowest BCUT2D eigenvalue weighted by atomic mass is 9.90. The van der Waals surface area contributed by atoms with Crippen LogP contribution >= 0.6 is 0 Å². The van der Waals surface area contributed by atoms with Gasteiger partial charge in [-0.15, -0.1) is 0 Å². The SMILES string of the molecule is Cc1ccc(S(=O)(=O)N[C@H](Cc2ccccc2)C(=O)NCc2cccc(-c3ccc([C@H]4O[C@@H](CN5CCOCC5)[C@@H](C)[C@@H](c5ccc(CO)cc5)O4)cc3)c2)cc1. The first-order valence-electron chi connectivity index (χ1n) is 19.6. The minimum Gasteiger partial charge on any atom is -0.392 e. The molecule has 0 saturated carbocycles. The van der Waals surface area contributed by atoms with E-state index in [1.165, 1.54) is 0 Å². The van der Waals surface area contributed by atoms with E-state index in [-0.39, 0.29) is 42.6 Å². The van der Waals surface area contributed by atoms with Gasteiger partial charge in [0.15, 0.2) is 6.29 Å². The van der Waals surface area contributed by atoms with Gasteiger partial charge in [-0.05, 0) is 64.9 Å². The first-order chi connectivity index (χ1) is 27.6. The summed E-state index contributed by atoms with van der Waals surface area (Å²) in [6.45, 7) is 8.22. The number of morpholine rings is 1. The maximum atomic E-state index is 13.6. The Morgan fingerprint density at radius 2 is 1.47 bits per heavy atom. The Morgan fingerprint density at radius 3 is 2.18 bits per heavy atom. The zero-order valence-electron chi connectivity index (χ0n) is 32.4. The molecule has 7 rings (SSSR count). The Morgan fingerprint density at radius 1 is 0.789 bits per heavy atom. The van der Waals surface area contributed by atoms with Gasteiger partial charge in [-0.3, -0.25) is 9.69 Å². The highest BCUT2D eigenvalue weighted by Gasteiger charge is 2.39. The molecule has 57 heavy (non-hydrogen) atoms. The van der Waals surface area contributed by atoms with Crippen molar-refractivity contribution in [3.63, 3.8) is 0 Å². The third kappa shape index (κ3) is 10.4. The van der Waals surface area contributed by atoms with Crippen molar-refractivity contribution >= 4 is 15.9 Å². The molecular weight excluding hydrogens is 739 g/mol. The second kappa shape index (κ2) is 18.7. The standard InChI is InChI=1S/C46H51N3O7S/c1-32-11-21-41(22-12-32)57(52,53)48-42(28-34-7-4-3-5-8-34)45(51)47-29-36-9-6-10-40(27-36)37-17-19-39(20-18-37)46-55-43(30-49-23-25-54-26-24-49)33(2)44(56-46)38-15-13-35(31-50)14-16-38/h3-22,27,33,42-44,46,48,50H,23-26,28-31H2,1-2H3,(H,47,51)/t33-,42-,43+,44+,46+/m1/s1. The number of nitrogens with zero attached hydrogens (tertiary/aromatic N) is 1. The Bertz CT molecular complexity index is 2180. The fourth-order valence-corrected chi connectivity index (χ4v) is 8.58. The summed E-state index contributed by atoms with van der Waals surface area (Å²) >= 11 is 0. The molecule has 2 aliphatic rings. The molecule has 298 valence electrons. The number of aliphatic hydroxyl groups is 1. The van der Waals surface area contributed by atoms with Crippen LogP contribution in [-0.2, 0) is 48.6 Å². The van der Waals surface area contributed by atoms with Crippen molar-refractivity contribution < 1.29 is 32.5 Å². The number of hydrogen-bond donors (Lipinski definition) is 3. The highest BCUT2D eigenvalue weighted by Crippen LogP contribution is 2.42. The lowest BCUT2D eigenvalue weighted by molar-refractivity contribution is -0.277. The third-order valence-corrected chi connectivity index (χ3v) is 12.3. The molecule has 3 N–H and O–H groups in total. The number of carbonyl (C=O) groups is 1. The van der Waals surface area contributed by atoms with Gasteiger partial charge in [0.05, 0.1) is 36.9 Å². The van der Waals surface area contributed by atoms with Crippen molar-refractivity contribution in [2.45, 2.75) is 62.9 Å². The first kappa shape index (κ1) is 40.5. The van der Waals surface area contributed by atoms with Gasteiger partial charge in [0, 0.05) is 37.7 Å². The number of aryl methyl sites for hydroxylation is 1. The quantitative estimate of drug-likeness (QED) is 0.117. The Kier molecular flexibility index (Phi) is 13.3. The summed E-state index contributed by atoms with van der Waals surface area (Å²) in [4.78, 5) is 16.1. The summed E-state index contributed by atoms with van der Waals surface area (Å²) in [7, 11) is -3.96. The zero-order chi connectivity index (χ0) is 39.8. The van der Waals surface area contributed by atoms with Gasteiger partial charge in [-0.1, -0.05) is 122 Å². The normalized spacial score (nSPS) is 20.8. The van der Waals surface area contributed by atoms with Crippen LogP contribution < -0.4 is 10.0 Å². The molecule has 2 aliphatic heterocycles. The molecule has 5 aromatic carbocycles. The molecule has 0 aromatic heterocycles. The lowest BCUT2D eigenvalue weighted by Gasteiger charge is -2.43. The van der Waals surface area contributed by atoms with Crippen LogP contribution in [0.2, 0.25) is 0 Å².